The largest absolute Gasteiger partial charge is 0.493 e. The van der Waals surface area contributed by atoms with Gasteiger partial charge >= 0.3 is 12.3 Å². The predicted octanol–water partition coefficient (Wildman–Crippen LogP) is 7.99. The monoisotopic (exact) mass is 540 g/mol. The average Bonchev–Trinajstić information content (AvgIpc) is 2.91. The van der Waals surface area contributed by atoms with Crippen LogP contribution in [0.15, 0.2) is 60.8 Å². The van der Waals surface area contributed by atoms with E-state index in [4.69, 9.17) is 18.9 Å². The van der Waals surface area contributed by atoms with Crippen molar-refractivity contribution < 1.29 is 36.9 Å². The second kappa shape index (κ2) is 11.1. The second-order valence-electron chi connectivity index (χ2n) is 8.79. The summed E-state index contributed by atoms with van der Waals surface area (Å²) >= 11 is 0. The summed E-state index contributed by atoms with van der Waals surface area (Å²) in [6, 6.07) is 13.4. The van der Waals surface area contributed by atoms with Crippen molar-refractivity contribution in [2.75, 3.05) is 19.5 Å². The molecule has 7 nitrogen and oxygen atoms in total. The molecule has 4 aromatic rings. The number of ether oxygens (including phenoxy) is 4. The van der Waals surface area contributed by atoms with Crippen molar-refractivity contribution in [2.24, 2.45) is 0 Å². The highest BCUT2D eigenvalue weighted by Crippen LogP contribution is 2.38. The molecule has 4 rings (SSSR count). The molecule has 3 aromatic carbocycles. The molecule has 0 aliphatic carbocycles. The van der Waals surface area contributed by atoms with Crippen molar-refractivity contribution >= 4 is 22.7 Å². The number of nitrogens with one attached hydrogen (secondary N) is 1. The Balaban J connectivity index is 1.51. The number of carbonyl (C=O) groups is 1. The van der Waals surface area contributed by atoms with Gasteiger partial charge in [0.15, 0.2) is 11.5 Å². The number of hydrogen-bond donors (Lipinski definition) is 1. The van der Waals surface area contributed by atoms with Crippen molar-refractivity contribution in [3.05, 3.63) is 83.0 Å². The van der Waals surface area contributed by atoms with Gasteiger partial charge in [0.05, 0.1) is 25.3 Å². The summed E-state index contributed by atoms with van der Waals surface area (Å²) in [7, 11) is 3.10. The van der Waals surface area contributed by atoms with Gasteiger partial charge in [0, 0.05) is 23.3 Å². The Labute approximate surface area is 223 Å². The van der Waals surface area contributed by atoms with E-state index in [2.05, 4.69) is 10.3 Å². The van der Waals surface area contributed by atoms with E-state index in [-0.39, 0.29) is 5.56 Å². The zero-order valence-electron chi connectivity index (χ0n) is 22.0. The molecule has 1 N–H and O–H groups in total. The lowest BCUT2D eigenvalue weighted by Crippen LogP contribution is -2.17. The van der Waals surface area contributed by atoms with Crippen LogP contribution in [0.3, 0.4) is 0 Å². The molecule has 1 amide bonds. The molecule has 204 valence electrons. The number of fused-ring (bicyclic) bond motifs is 1. The number of benzene rings is 3. The molecule has 0 spiro atoms. The molecule has 1 atom stereocenters. The molecule has 0 saturated heterocycles. The highest BCUT2D eigenvalue weighted by atomic mass is 19.4. The molecule has 0 aliphatic rings. The molecule has 0 fully saturated rings. The average molecular weight is 541 g/mol. The molecule has 10 heteroatoms. The van der Waals surface area contributed by atoms with Crippen LogP contribution in [-0.4, -0.2) is 25.3 Å². The van der Waals surface area contributed by atoms with Crippen molar-refractivity contribution in [3.63, 3.8) is 0 Å². The van der Waals surface area contributed by atoms with E-state index in [0.717, 1.165) is 28.6 Å². The number of rotatable bonds is 7. The number of halogens is 3. The van der Waals surface area contributed by atoms with Crippen LogP contribution < -0.4 is 19.5 Å². The van der Waals surface area contributed by atoms with Gasteiger partial charge < -0.3 is 18.9 Å². The number of anilines is 1. The maximum atomic E-state index is 13.0. The third-order valence-electron chi connectivity index (χ3n) is 6.37. The van der Waals surface area contributed by atoms with E-state index in [1.54, 1.807) is 50.7 Å². The van der Waals surface area contributed by atoms with Crippen LogP contribution in [0.2, 0.25) is 0 Å². The predicted molar refractivity (Wildman–Crippen MR) is 141 cm³/mol. The van der Waals surface area contributed by atoms with Gasteiger partial charge in [-0.25, -0.2) is 4.79 Å². The highest BCUT2D eigenvalue weighted by molar-refractivity contribution is 5.89. The van der Waals surface area contributed by atoms with Crippen LogP contribution in [0.1, 0.15) is 35.3 Å². The Hall–Kier alpha value is -4.47. The zero-order valence-corrected chi connectivity index (χ0v) is 22.0. The first-order chi connectivity index (χ1) is 18.5. The van der Waals surface area contributed by atoms with Crippen molar-refractivity contribution in [3.8, 4) is 23.0 Å². The molecule has 1 heterocycles. The van der Waals surface area contributed by atoms with Gasteiger partial charge in [-0.05, 0) is 73.9 Å². The molecule has 1 aromatic heterocycles. The summed E-state index contributed by atoms with van der Waals surface area (Å²) in [6.45, 7) is 5.17. The van der Waals surface area contributed by atoms with Gasteiger partial charge in [-0.2, -0.15) is 13.2 Å². The molecular weight excluding hydrogens is 513 g/mol. The number of nitrogens with zero attached hydrogens (tertiary/aromatic N) is 1. The van der Waals surface area contributed by atoms with Crippen LogP contribution in [0.25, 0.3) is 10.9 Å². The number of aromatic nitrogens is 1. The molecule has 0 aliphatic heterocycles. The highest BCUT2D eigenvalue weighted by Gasteiger charge is 2.31. The zero-order chi connectivity index (χ0) is 28.3. The molecule has 0 radical (unpaired) electrons. The van der Waals surface area contributed by atoms with E-state index in [0.29, 0.717) is 34.2 Å². The van der Waals surface area contributed by atoms with Crippen LogP contribution in [0.4, 0.5) is 23.7 Å². The first kappa shape index (κ1) is 27.6. The van der Waals surface area contributed by atoms with Gasteiger partial charge in [-0.3, -0.25) is 10.3 Å². The topological polar surface area (TPSA) is 78.9 Å². The first-order valence-corrected chi connectivity index (χ1v) is 12.0. The summed E-state index contributed by atoms with van der Waals surface area (Å²) in [5, 5.41) is 3.39. The normalized spacial score (nSPS) is 12.1. The number of pyridine rings is 1. The summed E-state index contributed by atoms with van der Waals surface area (Å²) in [4.78, 5) is 16.9. The van der Waals surface area contributed by atoms with E-state index in [1.165, 1.54) is 19.1 Å². The lowest BCUT2D eigenvalue weighted by Gasteiger charge is -2.18. The molecular formula is C29H27F3N2O5. The molecule has 0 bridgehead atoms. The van der Waals surface area contributed by atoms with E-state index >= 15 is 0 Å². The maximum absolute atomic E-state index is 13.0. The summed E-state index contributed by atoms with van der Waals surface area (Å²) < 4.78 is 61.4. The Kier molecular flexibility index (Phi) is 7.85. The van der Waals surface area contributed by atoms with Crippen LogP contribution in [0.5, 0.6) is 23.0 Å². The van der Waals surface area contributed by atoms with E-state index in [9.17, 15) is 18.0 Å². The van der Waals surface area contributed by atoms with Gasteiger partial charge in [-0.15, -0.1) is 0 Å². The smallest absolute Gasteiger partial charge is 0.416 e. The van der Waals surface area contributed by atoms with Crippen LogP contribution in [-0.2, 0) is 10.9 Å². The minimum absolute atomic E-state index is 0.232. The van der Waals surface area contributed by atoms with Crippen LogP contribution >= 0.6 is 0 Å². The second-order valence-corrected chi connectivity index (χ2v) is 8.79. The fourth-order valence-corrected chi connectivity index (χ4v) is 4.03. The van der Waals surface area contributed by atoms with E-state index in [1.807, 2.05) is 13.8 Å². The Morgan fingerprint density at radius 1 is 0.897 bits per heavy atom. The van der Waals surface area contributed by atoms with Crippen LogP contribution in [0, 0.1) is 13.8 Å². The van der Waals surface area contributed by atoms with Gasteiger partial charge in [0.1, 0.15) is 17.6 Å². The minimum Gasteiger partial charge on any atom is -0.493 e. The number of amides is 1. The SMILES string of the molecule is COc1cc2nccc(Oc3ccc(NC(=O)OC(C)c4cccc(C(F)(F)F)c4)c(C)c3C)c2cc1OC. The fraction of sp³-hybridized carbons (Fsp3) is 0.241. The minimum atomic E-state index is -4.49. The number of hydrogen-bond acceptors (Lipinski definition) is 6. The first-order valence-electron chi connectivity index (χ1n) is 12.0. The third-order valence-corrected chi connectivity index (χ3v) is 6.37. The summed E-state index contributed by atoms with van der Waals surface area (Å²) in [5.74, 6) is 2.20. The number of methoxy groups -OCH3 is 2. The Morgan fingerprint density at radius 2 is 1.62 bits per heavy atom. The fourth-order valence-electron chi connectivity index (χ4n) is 4.03. The van der Waals surface area contributed by atoms with Gasteiger partial charge in [0.25, 0.3) is 0 Å². The molecule has 39 heavy (non-hydrogen) atoms. The molecule has 1 unspecified atom stereocenters. The standard InChI is InChI=1S/C29H27F3N2O5/c1-16-17(2)24(39-25-11-12-33-23-15-27(37-5)26(36-4)14-21(23)25)10-9-22(16)34-28(35)38-18(3)19-7-6-8-20(13-19)29(30,31)32/h6-15,18H,1-5H3,(H,34,35). The summed E-state index contributed by atoms with van der Waals surface area (Å²) in [6.07, 6.45) is -4.55. The van der Waals surface area contributed by atoms with Crippen molar-refractivity contribution in [1.82, 2.24) is 4.98 Å². The maximum Gasteiger partial charge on any atom is 0.416 e. The van der Waals surface area contributed by atoms with Crippen molar-refractivity contribution in [2.45, 2.75) is 33.1 Å². The summed E-state index contributed by atoms with van der Waals surface area (Å²) in [5.41, 5.74) is 2.06. The van der Waals surface area contributed by atoms with Gasteiger partial charge in [-0.1, -0.05) is 12.1 Å². The number of carbonyl (C=O) groups excluding carboxylic acids is 1. The quantitative estimate of drug-likeness (QED) is 0.256. The van der Waals surface area contributed by atoms with E-state index < -0.39 is 23.9 Å². The molecule has 0 saturated carbocycles. The number of alkyl halides is 3. The van der Waals surface area contributed by atoms with Crippen molar-refractivity contribution in [1.29, 1.82) is 0 Å². The Bertz CT molecular complexity index is 1520. The Morgan fingerprint density at radius 3 is 2.31 bits per heavy atom. The third kappa shape index (κ3) is 6.00. The van der Waals surface area contributed by atoms with Gasteiger partial charge in [0.2, 0.25) is 0 Å². The lowest BCUT2D eigenvalue weighted by atomic mass is 10.1. The lowest BCUT2D eigenvalue weighted by molar-refractivity contribution is -0.137.